The van der Waals surface area contributed by atoms with E-state index in [0.29, 0.717) is 30.6 Å². The summed E-state index contributed by atoms with van der Waals surface area (Å²) in [5.41, 5.74) is 2.15. The van der Waals surface area contributed by atoms with E-state index in [4.69, 9.17) is 0 Å². The molecule has 0 saturated carbocycles. The second-order valence-corrected chi connectivity index (χ2v) is 8.69. The summed E-state index contributed by atoms with van der Waals surface area (Å²) in [7, 11) is -3.63. The van der Waals surface area contributed by atoms with Crippen molar-refractivity contribution in [1.82, 2.24) is 4.31 Å². The van der Waals surface area contributed by atoms with Crippen LogP contribution in [0.5, 0.6) is 0 Å². The molecule has 1 fully saturated rings. The number of nitrogens with zero attached hydrogens (tertiary/aromatic N) is 3. The highest BCUT2D eigenvalue weighted by Gasteiger charge is 2.31. The number of anilines is 1. The Morgan fingerprint density at radius 1 is 1.04 bits per heavy atom. The Morgan fingerprint density at radius 3 is 2.29 bits per heavy atom. The zero-order valence-electron chi connectivity index (χ0n) is 15.7. The number of nitro groups is 1. The molecule has 28 heavy (non-hydrogen) atoms. The molecule has 1 aliphatic rings. The fraction of sp³-hybridized carbons (Fsp3) is 0.316. The normalized spacial score (nSPS) is 15.4. The summed E-state index contributed by atoms with van der Waals surface area (Å²) in [5, 5.41) is 11.4. The molecule has 1 heterocycles. The van der Waals surface area contributed by atoms with Gasteiger partial charge in [0.05, 0.1) is 9.82 Å². The number of carbonyl (C=O) groups is 1. The van der Waals surface area contributed by atoms with E-state index >= 15 is 0 Å². The Kier molecular flexibility index (Phi) is 5.48. The lowest BCUT2D eigenvalue weighted by atomic mass is 10.1. The Morgan fingerprint density at radius 2 is 1.71 bits per heavy atom. The van der Waals surface area contributed by atoms with Gasteiger partial charge in [0.15, 0.2) is 0 Å². The van der Waals surface area contributed by atoms with E-state index in [1.165, 1.54) is 22.5 Å². The Hall–Kier alpha value is -2.78. The summed E-state index contributed by atoms with van der Waals surface area (Å²) < 4.78 is 27.4. The molecule has 1 saturated heterocycles. The predicted molar refractivity (Wildman–Crippen MR) is 105 cm³/mol. The van der Waals surface area contributed by atoms with Crippen molar-refractivity contribution < 1.29 is 18.1 Å². The van der Waals surface area contributed by atoms with Gasteiger partial charge in [-0.05, 0) is 37.6 Å². The predicted octanol–water partition coefficient (Wildman–Crippen LogP) is 2.54. The molecule has 148 valence electrons. The molecule has 3 rings (SSSR count). The van der Waals surface area contributed by atoms with Gasteiger partial charge in [0.1, 0.15) is 12.0 Å². The lowest BCUT2D eigenvalue weighted by Gasteiger charge is -2.35. The molecule has 2 aromatic carbocycles. The largest absolute Gasteiger partial charge is 0.363 e. The average molecular weight is 403 g/mol. The Bertz CT molecular complexity index is 1030. The van der Waals surface area contributed by atoms with Crippen LogP contribution in [0.2, 0.25) is 0 Å². The fourth-order valence-corrected chi connectivity index (χ4v) is 5.05. The van der Waals surface area contributed by atoms with E-state index in [1.807, 2.05) is 13.0 Å². The van der Waals surface area contributed by atoms with Gasteiger partial charge in [0.2, 0.25) is 10.0 Å². The van der Waals surface area contributed by atoms with Crippen LogP contribution in [-0.2, 0) is 10.0 Å². The van der Waals surface area contributed by atoms with E-state index in [0.717, 1.165) is 5.56 Å². The lowest BCUT2D eigenvalue weighted by molar-refractivity contribution is -0.384. The van der Waals surface area contributed by atoms with Crippen molar-refractivity contribution in [2.24, 2.45) is 0 Å². The zero-order chi connectivity index (χ0) is 20.5. The third-order valence-electron chi connectivity index (χ3n) is 4.86. The van der Waals surface area contributed by atoms with Crippen molar-refractivity contribution in [2.45, 2.75) is 18.7 Å². The van der Waals surface area contributed by atoms with Gasteiger partial charge in [-0.15, -0.1) is 0 Å². The number of aldehydes is 1. The smallest absolute Gasteiger partial charge is 0.293 e. The van der Waals surface area contributed by atoms with Crippen LogP contribution in [0.4, 0.5) is 11.4 Å². The fourth-order valence-electron chi connectivity index (χ4n) is 3.42. The van der Waals surface area contributed by atoms with E-state index in [9.17, 15) is 23.3 Å². The molecule has 0 radical (unpaired) electrons. The minimum absolute atomic E-state index is 0.157. The Balaban J connectivity index is 1.81. The maximum atomic E-state index is 13.0. The Labute approximate surface area is 163 Å². The molecule has 2 aromatic rings. The lowest BCUT2D eigenvalue weighted by Crippen LogP contribution is -2.48. The number of aryl methyl sites for hydroxylation is 2. The first kappa shape index (κ1) is 20.0. The molecule has 9 heteroatoms. The summed E-state index contributed by atoms with van der Waals surface area (Å²) in [6.45, 7) is 4.78. The number of sulfonamides is 1. The van der Waals surface area contributed by atoms with Gasteiger partial charge >= 0.3 is 0 Å². The molecule has 1 aliphatic heterocycles. The first-order chi connectivity index (χ1) is 13.2. The number of rotatable bonds is 5. The van der Waals surface area contributed by atoms with Gasteiger partial charge in [-0.3, -0.25) is 14.9 Å². The van der Waals surface area contributed by atoms with Crippen LogP contribution in [0.15, 0.2) is 41.3 Å². The summed E-state index contributed by atoms with van der Waals surface area (Å²) in [6.07, 6.45) is 0.561. The van der Waals surface area contributed by atoms with Crippen molar-refractivity contribution in [3.8, 4) is 0 Å². The van der Waals surface area contributed by atoms with Gasteiger partial charge in [0.25, 0.3) is 5.69 Å². The van der Waals surface area contributed by atoms with Crippen molar-refractivity contribution in [1.29, 1.82) is 0 Å². The van der Waals surface area contributed by atoms with Crippen LogP contribution in [0.3, 0.4) is 0 Å². The quantitative estimate of drug-likeness (QED) is 0.432. The maximum absolute atomic E-state index is 13.0. The van der Waals surface area contributed by atoms with E-state index in [2.05, 4.69) is 0 Å². The summed E-state index contributed by atoms with van der Waals surface area (Å²) in [6, 6.07) is 9.52. The minimum Gasteiger partial charge on any atom is -0.363 e. The van der Waals surface area contributed by atoms with E-state index in [1.54, 1.807) is 24.0 Å². The second-order valence-electron chi connectivity index (χ2n) is 6.78. The molecule has 0 unspecified atom stereocenters. The number of piperazine rings is 1. The number of nitro benzene ring substituents is 1. The van der Waals surface area contributed by atoms with Crippen LogP contribution >= 0.6 is 0 Å². The molecular weight excluding hydrogens is 382 g/mol. The highest BCUT2D eigenvalue weighted by molar-refractivity contribution is 7.89. The molecule has 0 atom stereocenters. The standard InChI is InChI=1S/C19H21N3O5S/c1-14-3-6-19(15(2)11-14)28(26,27)21-9-7-20(8-10-21)17-5-4-16(13-23)12-18(17)22(24)25/h3-6,11-13H,7-10H2,1-2H3. The molecule has 0 N–H and O–H groups in total. The van der Waals surface area contributed by atoms with Crippen molar-refractivity contribution >= 4 is 27.7 Å². The van der Waals surface area contributed by atoms with Crippen LogP contribution in [0, 0.1) is 24.0 Å². The summed E-state index contributed by atoms with van der Waals surface area (Å²) in [5.74, 6) is 0. The van der Waals surface area contributed by atoms with Crippen LogP contribution in [0.1, 0.15) is 21.5 Å². The van der Waals surface area contributed by atoms with E-state index < -0.39 is 14.9 Å². The van der Waals surface area contributed by atoms with Gasteiger partial charge < -0.3 is 4.90 Å². The third-order valence-corrected chi connectivity index (χ3v) is 6.92. The maximum Gasteiger partial charge on any atom is 0.293 e. The molecule has 0 amide bonds. The van der Waals surface area contributed by atoms with Crippen molar-refractivity contribution in [3.05, 3.63) is 63.2 Å². The number of carbonyl (C=O) groups excluding carboxylic acids is 1. The number of benzene rings is 2. The van der Waals surface area contributed by atoms with Crippen molar-refractivity contribution in [3.63, 3.8) is 0 Å². The zero-order valence-corrected chi connectivity index (χ0v) is 16.5. The van der Waals surface area contributed by atoms with Crippen molar-refractivity contribution in [2.75, 3.05) is 31.1 Å². The molecule has 0 aliphatic carbocycles. The highest BCUT2D eigenvalue weighted by Crippen LogP contribution is 2.31. The second kappa shape index (κ2) is 7.69. The van der Waals surface area contributed by atoms with Crippen LogP contribution in [-0.4, -0.2) is 50.1 Å². The molecular formula is C19H21N3O5S. The average Bonchev–Trinajstić information content (AvgIpc) is 2.67. The first-order valence-corrected chi connectivity index (χ1v) is 10.2. The summed E-state index contributed by atoms with van der Waals surface area (Å²) in [4.78, 5) is 23.8. The monoisotopic (exact) mass is 403 g/mol. The highest BCUT2D eigenvalue weighted by atomic mass is 32.2. The van der Waals surface area contributed by atoms with Gasteiger partial charge in [-0.2, -0.15) is 4.31 Å². The number of hydrogen-bond donors (Lipinski definition) is 0. The van der Waals surface area contributed by atoms with Gasteiger partial charge in [-0.25, -0.2) is 8.42 Å². The molecule has 0 aromatic heterocycles. The third kappa shape index (κ3) is 3.76. The minimum atomic E-state index is -3.63. The van der Waals surface area contributed by atoms with Crippen LogP contribution < -0.4 is 4.90 Å². The van der Waals surface area contributed by atoms with Gasteiger partial charge in [0, 0.05) is 37.8 Å². The van der Waals surface area contributed by atoms with Gasteiger partial charge in [-0.1, -0.05) is 17.7 Å². The topological polar surface area (TPSA) is 101 Å². The number of hydrogen-bond acceptors (Lipinski definition) is 6. The molecule has 0 spiro atoms. The van der Waals surface area contributed by atoms with Crippen LogP contribution in [0.25, 0.3) is 0 Å². The van der Waals surface area contributed by atoms with E-state index in [-0.39, 0.29) is 29.2 Å². The first-order valence-electron chi connectivity index (χ1n) is 8.80. The molecule has 0 bridgehead atoms. The summed E-state index contributed by atoms with van der Waals surface area (Å²) >= 11 is 0. The molecule has 8 nitrogen and oxygen atoms in total. The SMILES string of the molecule is Cc1ccc(S(=O)(=O)N2CCN(c3ccc(C=O)cc3[N+](=O)[O-])CC2)c(C)c1.